The summed E-state index contributed by atoms with van der Waals surface area (Å²) in [7, 11) is 1.74. The van der Waals surface area contributed by atoms with E-state index in [4.69, 9.17) is 19.2 Å². The lowest BCUT2D eigenvalue weighted by Gasteiger charge is -2.40. The van der Waals surface area contributed by atoms with Crippen molar-refractivity contribution >= 4 is 17.4 Å². The number of rotatable bonds is 9. The first-order valence-electron chi connectivity index (χ1n) is 14.3. The monoisotopic (exact) mass is 545 g/mol. The Morgan fingerprint density at radius 3 is 2.77 bits per heavy atom. The fourth-order valence-electron chi connectivity index (χ4n) is 6.44. The molecule has 2 saturated heterocycles. The number of piperidine rings is 1. The van der Waals surface area contributed by atoms with Crippen LogP contribution in [0.4, 0.5) is 5.82 Å². The van der Waals surface area contributed by atoms with Crippen LogP contribution < -0.4 is 9.64 Å². The highest BCUT2D eigenvalue weighted by atomic mass is 16.5. The molecule has 212 valence electrons. The van der Waals surface area contributed by atoms with Gasteiger partial charge in [0.05, 0.1) is 37.5 Å². The number of aromatic nitrogens is 1. The van der Waals surface area contributed by atoms with Gasteiger partial charge in [-0.25, -0.2) is 4.98 Å². The summed E-state index contributed by atoms with van der Waals surface area (Å²) < 4.78 is 17.7. The topological polar surface area (TPSA) is 84.4 Å². The van der Waals surface area contributed by atoms with Crippen LogP contribution in [-0.4, -0.2) is 67.0 Å². The summed E-state index contributed by atoms with van der Waals surface area (Å²) in [5.41, 5.74) is 5.93. The Labute approximate surface area is 236 Å². The lowest BCUT2D eigenvalue weighted by Crippen LogP contribution is -2.50. The molecular formula is C32H39N3O5. The first kappa shape index (κ1) is 26.8. The second-order valence-electron chi connectivity index (χ2n) is 11.7. The number of anilines is 1. The molecule has 3 fully saturated rings. The molecule has 0 radical (unpaired) electrons. The number of carbonyl (C=O) groups is 1. The number of carboxylic acids is 1. The maximum absolute atomic E-state index is 11.8. The van der Waals surface area contributed by atoms with Crippen LogP contribution in [0.15, 0.2) is 47.7 Å². The van der Waals surface area contributed by atoms with E-state index in [-0.39, 0.29) is 5.92 Å². The van der Waals surface area contributed by atoms with Crippen LogP contribution in [-0.2, 0) is 33.8 Å². The standard InChI is InChI=1S/C32H39N3O5/c1-5-20(2)30(21(3)27-7-6-8-29(33-27)35-14-24-13-32(24,19-35)31(36)37)40-16-22-11-23-9-10-34(25-17-39-18-25)15-26(23)28(12-22)38-4/h5-8,11-12,24-25H,9-10,13-19H2,1-4H3,(H,36,37)/b20-5-,30-21-/t24-,32-/m0/s1. The van der Waals surface area contributed by atoms with Gasteiger partial charge >= 0.3 is 5.97 Å². The number of ether oxygens (including phenoxy) is 3. The van der Waals surface area contributed by atoms with Crippen LogP contribution in [0.1, 0.15) is 49.6 Å². The van der Waals surface area contributed by atoms with Crippen molar-refractivity contribution in [2.24, 2.45) is 11.3 Å². The number of nitrogens with zero attached hydrogens (tertiary/aromatic N) is 3. The van der Waals surface area contributed by atoms with Crippen LogP contribution in [0.25, 0.3) is 5.57 Å². The van der Waals surface area contributed by atoms with Crippen molar-refractivity contribution in [1.29, 1.82) is 0 Å². The van der Waals surface area contributed by atoms with Crippen molar-refractivity contribution < 1.29 is 24.1 Å². The van der Waals surface area contributed by atoms with Crippen molar-refractivity contribution in [3.05, 3.63) is 70.1 Å². The molecule has 4 heterocycles. The number of pyridine rings is 1. The highest BCUT2D eigenvalue weighted by Gasteiger charge is 2.65. The maximum atomic E-state index is 11.8. The first-order valence-corrected chi connectivity index (χ1v) is 14.3. The number of benzene rings is 1. The van der Waals surface area contributed by atoms with Gasteiger partial charge in [0.25, 0.3) is 0 Å². The predicted molar refractivity (Wildman–Crippen MR) is 153 cm³/mol. The highest BCUT2D eigenvalue weighted by Crippen LogP contribution is 2.58. The van der Waals surface area contributed by atoms with Crippen LogP contribution in [0, 0.1) is 11.3 Å². The molecule has 3 aliphatic heterocycles. The number of hydrogen-bond acceptors (Lipinski definition) is 7. The molecule has 2 aromatic rings. The third-order valence-electron chi connectivity index (χ3n) is 9.28. The number of methoxy groups -OCH3 is 1. The van der Waals surface area contributed by atoms with E-state index in [0.29, 0.717) is 19.2 Å². The summed E-state index contributed by atoms with van der Waals surface area (Å²) in [6.45, 7) is 11.4. The zero-order valence-corrected chi connectivity index (χ0v) is 23.9. The van der Waals surface area contributed by atoms with E-state index >= 15 is 0 Å². The average molecular weight is 546 g/mol. The predicted octanol–water partition coefficient (Wildman–Crippen LogP) is 4.67. The summed E-state index contributed by atoms with van der Waals surface area (Å²) >= 11 is 0. The smallest absolute Gasteiger partial charge is 0.311 e. The Bertz CT molecular complexity index is 1360. The summed E-state index contributed by atoms with van der Waals surface area (Å²) in [5, 5.41) is 9.69. The van der Waals surface area contributed by atoms with Gasteiger partial charge in [-0.05, 0) is 74.4 Å². The molecule has 1 saturated carbocycles. The van der Waals surface area contributed by atoms with Gasteiger partial charge in [-0.3, -0.25) is 9.69 Å². The lowest BCUT2D eigenvalue weighted by molar-refractivity contribution is -0.143. The Hall–Kier alpha value is -3.36. The van der Waals surface area contributed by atoms with Crippen molar-refractivity contribution in [3.8, 4) is 5.75 Å². The number of fused-ring (bicyclic) bond motifs is 2. The summed E-state index contributed by atoms with van der Waals surface area (Å²) in [6.07, 6.45) is 3.82. The van der Waals surface area contributed by atoms with E-state index in [9.17, 15) is 9.90 Å². The van der Waals surface area contributed by atoms with Crippen molar-refractivity contribution in [2.45, 2.75) is 52.8 Å². The van der Waals surface area contributed by atoms with Gasteiger partial charge in [-0.2, -0.15) is 0 Å². The third-order valence-corrected chi connectivity index (χ3v) is 9.28. The van der Waals surface area contributed by atoms with Crippen molar-refractivity contribution in [3.63, 3.8) is 0 Å². The fourth-order valence-corrected chi connectivity index (χ4v) is 6.44. The van der Waals surface area contributed by atoms with Gasteiger partial charge in [0, 0.05) is 37.3 Å². The lowest BCUT2D eigenvalue weighted by atomic mass is 9.95. The molecular weight excluding hydrogens is 506 g/mol. The SMILES string of the molecule is C/C=C(C)\C(OCc1cc2c(c(OC)c1)CN(C1COC1)CC2)=C(/C)c1cccc(N2C[C@@H]3C[C@]3(C(=O)O)C2)n1. The molecule has 0 bridgehead atoms. The van der Waals surface area contributed by atoms with Gasteiger partial charge in [0.15, 0.2) is 0 Å². The molecule has 4 aliphatic rings. The van der Waals surface area contributed by atoms with E-state index in [0.717, 1.165) is 85.4 Å². The molecule has 1 aromatic heterocycles. The highest BCUT2D eigenvalue weighted by molar-refractivity contribution is 5.81. The quantitative estimate of drug-likeness (QED) is 0.360. The van der Waals surface area contributed by atoms with Crippen LogP contribution in [0.5, 0.6) is 5.75 Å². The second-order valence-corrected chi connectivity index (χ2v) is 11.7. The molecule has 0 unspecified atom stereocenters. The van der Waals surface area contributed by atoms with Gasteiger partial charge in [0.2, 0.25) is 0 Å². The molecule has 1 aromatic carbocycles. The Balaban J connectivity index is 1.21. The van der Waals surface area contributed by atoms with Crippen molar-refractivity contribution in [1.82, 2.24) is 9.88 Å². The van der Waals surface area contributed by atoms with Gasteiger partial charge in [-0.1, -0.05) is 18.2 Å². The molecule has 8 heteroatoms. The van der Waals surface area contributed by atoms with Crippen LogP contribution in [0.2, 0.25) is 0 Å². The number of carboxylic acid groups (broad SMARTS) is 1. The van der Waals surface area contributed by atoms with E-state index < -0.39 is 11.4 Å². The van der Waals surface area contributed by atoms with Crippen molar-refractivity contribution in [2.75, 3.05) is 44.9 Å². The molecule has 40 heavy (non-hydrogen) atoms. The summed E-state index contributed by atoms with van der Waals surface area (Å²) in [4.78, 5) is 21.3. The number of allylic oxidation sites excluding steroid dienone is 3. The Morgan fingerprint density at radius 1 is 1.27 bits per heavy atom. The second kappa shape index (κ2) is 10.6. The Kier molecular flexibility index (Phi) is 7.09. The van der Waals surface area contributed by atoms with E-state index in [1.165, 1.54) is 11.1 Å². The molecule has 2 atom stereocenters. The molecule has 8 nitrogen and oxygen atoms in total. The largest absolute Gasteiger partial charge is 0.496 e. The van der Waals surface area contributed by atoms with Crippen LogP contribution in [0.3, 0.4) is 0 Å². The van der Waals surface area contributed by atoms with Crippen LogP contribution >= 0.6 is 0 Å². The third kappa shape index (κ3) is 4.77. The van der Waals surface area contributed by atoms with E-state index in [2.05, 4.69) is 34.9 Å². The zero-order chi connectivity index (χ0) is 28.0. The zero-order valence-electron chi connectivity index (χ0n) is 23.9. The summed E-state index contributed by atoms with van der Waals surface area (Å²) in [6, 6.07) is 10.8. The molecule has 0 spiro atoms. The average Bonchev–Trinajstić information content (AvgIpc) is 3.52. The summed E-state index contributed by atoms with van der Waals surface area (Å²) in [5.74, 6) is 2.09. The first-order chi connectivity index (χ1) is 19.3. The fraction of sp³-hybridized carbons (Fsp3) is 0.500. The number of aliphatic carboxylic acids is 1. The van der Waals surface area contributed by atoms with Gasteiger partial charge in [0.1, 0.15) is 23.9 Å². The van der Waals surface area contributed by atoms with Gasteiger partial charge in [-0.15, -0.1) is 0 Å². The number of hydrogen-bond donors (Lipinski definition) is 1. The van der Waals surface area contributed by atoms with E-state index in [1.54, 1.807) is 7.11 Å². The minimum atomic E-state index is -0.685. The molecule has 0 amide bonds. The minimum absolute atomic E-state index is 0.222. The minimum Gasteiger partial charge on any atom is -0.496 e. The van der Waals surface area contributed by atoms with E-state index in [1.807, 2.05) is 32.0 Å². The Morgan fingerprint density at radius 2 is 2.10 bits per heavy atom. The maximum Gasteiger partial charge on any atom is 0.311 e. The molecule has 6 rings (SSSR count). The normalized spacial score (nSPS) is 25.1. The molecule has 1 N–H and O–H groups in total. The van der Waals surface area contributed by atoms with Gasteiger partial charge < -0.3 is 24.2 Å². The molecule has 1 aliphatic carbocycles.